The van der Waals surface area contributed by atoms with Crippen molar-refractivity contribution in [3.05, 3.63) is 98.2 Å². The van der Waals surface area contributed by atoms with E-state index in [0.29, 0.717) is 71.7 Å². The van der Waals surface area contributed by atoms with Crippen LogP contribution in [0, 0.1) is 23.7 Å². The van der Waals surface area contributed by atoms with Gasteiger partial charge in [-0.25, -0.2) is 9.59 Å². The minimum Gasteiger partial charge on any atom is -0.481 e. The third-order valence-corrected chi connectivity index (χ3v) is 17.8. The maximum atomic E-state index is 14.9. The quantitative estimate of drug-likeness (QED) is 0.0623. The average molecular weight is 915 g/mol. The summed E-state index contributed by atoms with van der Waals surface area (Å²) in [6.45, 7) is 3.56. The van der Waals surface area contributed by atoms with Crippen LogP contribution in [0.3, 0.4) is 0 Å². The molecule has 7 aliphatic rings. The summed E-state index contributed by atoms with van der Waals surface area (Å²) in [6, 6.07) is 5.21. The smallest absolute Gasteiger partial charge is 0.339 e. The first-order valence-electron chi connectivity index (χ1n) is 22.5. The summed E-state index contributed by atoms with van der Waals surface area (Å²) in [5.41, 5.74) is 8.08. The molecule has 5 heterocycles. The van der Waals surface area contributed by atoms with Crippen molar-refractivity contribution in [2.75, 3.05) is 39.2 Å². The number of dihydropyridines is 1. The molecule has 14 nitrogen and oxygen atoms in total. The van der Waals surface area contributed by atoms with Crippen LogP contribution in [0.1, 0.15) is 63.5 Å². The number of nitrogens with two attached hydrogens (primary N) is 1. The number of hydrogen-bond donors (Lipinski definition) is 6. The highest BCUT2D eigenvalue weighted by Crippen LogP contribution is 2.59. The van der Waals surface area contributed by atoms with Crippen LogP contribution < -0.4 is 26.7 Å². The normalized spacial score (nSPS) is 32.4. The summed E-state index contributed by atoms with van der Waals surface area (Å²) in [6.07, 6.45) is 12.1. The number of carbonyl (C=O) groups excluding carboxylic acids is 3. The highest BCUT2D eigenvalue weighted by Gasteiger charge is 2.65. The Hall–Kier alpha value is -4.32. The van der Waals surface area contributed by atoms with E-state index in [1.54, 1.807) is 52.8 Å². The maximum absolute atomic E-state index is 14.9. The molecule has 1 aromatic carbocycles. The predicted molar refractivity (Wildman–Crippen MR) is 245 cm³/mol. The molecule has 2 aromatic rings. The maximum Gasteiger partial charge on any atom is 0.339 e. The van der Waals surface area contributed by atoms with Crippen molar-refractivity contribution in [2.45, 2.75) is 99.8 Å². The van der Waals surface area contributed by atoms with Gasteiger partial charge in [-0.1, -0.05) is 45.4 Å². The van der Waals surface area contributed by atoms with Gasteiger partial charge in [0.15, 0.2) is 17.0 Å². The fourth-order valence-electron chi connectivity index (χ4n) is 11.8. The fraction of sp³-hybridized carbons (Fsp3) is 0.542. The van der Waals surface area contributed by atoms with E-state index in [2.05, 4.69) is 16.7 Å². The SMILES string of the molecule is C/C=C(\CCO)C(=O)O[C@]1(C)CC=C2CSS[C@H]3C[C@@H]4C(=O)C=C[C@H]5[C@@H]([C@H]4NC)[C@@H]3N5C(=O)CC3=C(C=C(N)NC3)[C@@H]2[C@]12Cc1cc3cc(C[C@H](CO)CCCO)c(=O)oc3cc1O2. The van der Waals surface area contributed by atoms with Gasteiger partial charge in [-0.3, -0.25) is 9.59 Å². The molecule has 10 atom stereocenters. The molecule has 3 aliphatic carbocycles. The van der Waals surface area contributed by atoms with Crippen LogP contribution in [0.25, 0.3) is 11.0 Å². The number of nitrogens with zero attached hydrogens (tertiary/aromatic N) is 1. The third kappa shape index (κ3) is 7.55. The zero-order valence-corrected chi connectivity index (χ0v) is 38.1. The Morgan fingerprint density at radius 3 is 2.77 bits per heavy atom. The summed E-state index contributed by atoms with van der Waals surface area (Å²) >= 11 is 0. The van der Waals surface area contributed by atoms with E-state index in [9.17, 15) is 34.5 Å². The van der Waals surface area contributed by atoms with Gasteiger partial charge in [-0.15, -0.1) is 0 Å². The van der Waals surface area contributed by atoms with Gasteiger partial charge in [0, 0.05) is 97.1 Å². The minimum absolute atomic E-state index is 0.0106. The Labute approximate surface area is 380 Å². The summed E-state index contributed by atoms with van der Waals surface area (Å²) in [5.74, 6) is 0.109. The Balaban J connectivity index is 1.17. The number of fused-ring (bicyclic) bond motifs is 7. The second-order valence-corrected chi connectivity index (χ2v) is 21.1. The van der Waals surface area contributed by atoms with Gasteiger partial charge in [-0.2, -0.15) is 0 Å². The van der Waals surface area contributed by atoms with E-state index in [1.807, 2.05) is 37.1 Å². The van der Waals surface area contributed by atoms with Crippen molar-refractivity contribution in [1.29, 1.82) is 0 Å². The minimum atomic E-state index is -1.31. The number of ketones is 1. The molecule has 0 radical (unpaired) electrons. The number of nitrogens with one attached hydrogen (secondary N) is 2. The molecule has 4 aliphatic heterocycles. The third-order valence-electron chi connectivity index (χ3n) is 15.0. The van der Waals surface area contributed by atoms with Crippen molar-refractivity contribution >= 4 is 50.2 Å². The van der Waals surface area contributed by atoms with E-state index >= 15 is 0 Å². The first-order chi connectivity index (χ1) is 30.9. The second kappa shape index (κ2) is 17.8. The molecule has 1 spiro atoms. The van der Waals surface area contributed by atoms with Gasteiger partial charge in [0.2, 0.25) is 5.91 Å². The molecular weight excluding hydrogens is 857 g/mol. The van der Waals surface area contributed by atoms with Gasteiger partial charge in [0.25, 0.3) is 0 Å². The lowest BCUT2D eigenvalue weighted by Gasteiger charge is -2.62. The number of ether oxygens (including phenoxy) is 2. The van der Waals surface area contributed by atoms with Crippen molar-refractivity contribution < 1.29 is 43.6 Å². The zero-order valence-electron chi connectivity index (χ0n) is 36.5. The van der Waals surface area contributed by atoms with E-state index in [-0.39, 0.29) is 98.3 Å². The van der Waals surface area contributed by atoms with Crippen LogP contribution >= 0.6 is 21.6 Å². The van der Waals surface area contributed by atoms with Crippen molar-refractivity contribution in [3.8, 4) is 5.75 Å². The van der Waals surface area contributed by atoms with E-state index in [1.165, 1.54) is 0 Å². The molecule has 64 heavy (non-hydrogen) atoms. The zero-order chi connectivity index (χ0) is 45.1. The molecule has 1 aromatic heterocycles. The number of hydrogen-bond acceptors (Lipinski definition) is 15. The van der Waals surface area contributed by atoms with Crippen molar-refractivity contribution in [3.63, 3.8) is 0 Å². The predicted octanol–water partition coefficient (Wildman–Crippen LogP) is 3.76. The highest BCUT2D eigenvalue weighted by molar-refractivity contribution is 8.77. The summed E-state index contributed by atoms with van der Waals surface area (Å²) in [4.78, 5) is 58.0. The lowest BCUT2D eigenvalue weighted by atomic mass is 9.61. The van der Waals surface area contributed by atoms with Crippen LogP contribution in [0.4, 0.5) is 0 Å². The second-order valence-electron chi connectivity index (χ2n) is 18.5. The molecule has 2 fully saturated rings. The Bertz CT molecular complexity index is 2460. The van der Waals surface area contributed by atoms with Gasteiger partial charge in [-0.05, 0) is 93.5 Å². The Kier molecular flexibility index (Phi) is 12.5. The molecular formula is C48H58N4O10S2. The molecule has 1 saturated heterocycles. The number of esters is 1. The largest absolute Gasteiger partial charge is 0.481 e. The standard InChI is InChI=1S/C48H58N4O10S2/c1-4-26(10-13-54)46(59)62-47(2)11-9-27-24-63-64-38-18-33-35(56)8-7-34-41(43(33)50-3)44(38)52(34)40(57)17-31-22-51-39(49)19-32(31)42(27)48(47)21-30-16-28-15-29(14-25(23-55)6-5-12-53)45(58)60-36(28)20-37(30)61-48/h4,7-9,15-16,19-20,25,33-34,38,41-44,50-51,53-55H,5-6,10-14,17-18,21-24,49H2,1-3H3/b26-4+/t25-,33-,34+,38+,41+,42-,43+,44-,47-,48-/m1/s1. The van der Waals surface area contributed by atoms with E-state index in [4.69, 9.17) is 19.6 Å². The molecule has 2 bridgehead atoms. The van der Waals surface area contributed by atoms with Crippen LogP contribution in [-0.2, 0) is 32.0 Å². The van der Waals surface area contributed by atoms with Crippen LogP contribution in [0.5, 0.6) is 5.75 Å². The number of benzene rings is 1. The topological polar surface area (TPSA) is 214 Å². The lowest BCUT2D eigenvalue weighted by molar-refractivity contribution is -0.186. The number of carbonyl (C=O) groups is 3. The highest BCUT2D eigenvalue weighted by atomic mass is 33.1. The Morgan fingerprint density at radius 1 is 1.19 bits per heavy atom. The van der Waals surface area contributed by atoms with Gasteiger partial charge < -0.3 is 50.5 Å². The Morgan fingerprint density at radius 2 is 2.02 bits per heavy atom. The molecule has 0 unspecified atom stereocenters. The number of allylic oxidation sites excluding steroid dienone is 3. The first-order valence-corrected chi connectivity index (χ1v) is 24.9. The number of rotatable bonds is 11. The van der Waals surface area contributed by atoms with Gasteiger partial charge >= 0.3 is 11.6 Å². The fourth-order valence-corrected chi connectivity index (χ4v) is 14.8. The van der Waals surface area contributed by atoms with Crippen LogP contribution in [0.15, 0.2) is 85.9 Å². The lowest BCUT2D eigenvalue weighted by Crippen LogP contribution is -2.75. The summed E-state index contributed by atoms with van der Waals surface area (Å²) < 4.78 is 20.0. The molecule has 1 saturated carbocycles. The van der Waals surface area contributed by atoms with Gasteiger partial charge in [0.05, 0.1) is 30.2 Å². The molecule has 342 valence electrons. The molecule has 9 rings (SSSR count). The average Bonchev–Trinajstić information content (AvgIpc) is 3.63. The van der Waals surface area contributed by atoms with Crippen molar-refractivity contribution in [1.82, 2.24) is 15.5 Å². The van der Waals surface area contributed by atoms with Crippen LogP contribution in [0.2, 0.25) is 0 Å². The van der Waals surface area contributed by atoms with Gasteiger partial charge in [0.1, 0.15) is 11.3 Å². The summed E-state index contributed by atoms with van der Waals surface area (Å²) in [7, 11) is 5.36. The van der Waals surface area contributed by atoms with E-state index < -0.39 is 28.7 Å². The van der Waals surface area contributed by atoms with E-state index in [0.717, 1.165) is 22.3 Å². The molecule has 1 amide bonds. The monoisotopic (exact) mass is 914 g/mol. The van der Waals surface area contributed by atoms with Crippen LogP contribution in [-0.4, -0.2) is 112 Å². The summed E-state index contributed by atoms with van der Waals surface area (Å²) in [5, 5.41) is 36.8. The molecule has 7 N–H and O–H groups in total. The number of aliphatic hydroxyl groups is 3. The molecule has 16 heteroatoms. The van der Waals surface area contributed by atoms with Crippen molar-refractivity contribution in [2.24, 2.45) is 29.4 Å². The number of aliphatic hydroxyl groups excluding tert-OH is 3. The number of amides is 1. The first kappa shape index (κ1) is 44.9.